The molecule has 1 aliphatic heterocycles. The molecule has 158 valence electrons. The van der Waals surface area contributed by atoms with Crippen molar-refractivity contribution in [2.45, 2.75) is 12.5 Å². The van der Waals surface area contributed by atoms with Crippen molar-refractivity contribution in [2.24, 2.45) is 0 Å². The first-order valence-corrected chi connectivity index (χ1v) is 8.81. The van der Waals surface area contributed by atoms with E-state index in [1.54, 1.807) is 6.07 Å². The number of nitrogens with one attached hydrogen (secondary N) is 1. The van der Waals surface area contributed by atoms with Crippen molar-refractivity contribution < 1.29 is 29.3 Å². The van der Waals surface area contributed by atoms with Crippen LogP contribution in [0.4, 0.5) is 11.4 Å². The lowest BCUT2D eigenvalue weighted by molar-refractivity contribution is -0.385. The fourth-order valence-electron chi connectivity index (χ4n) is 3.12. The molecule has 0 spiro atoms. The summed E-state index contributed by atoms with van der Waals surface area (Å²) in [6.45, 7) is -0.431. The molecule has 0 saturated carbocycles. The van der Waals surface area contributed by atoms with Crippen molar-refractivity contribution >= 4 is 23.3 Å². The minimum Gasteiger partial charge on any atom is -0.545 e. The van der Waals surface area contributed by atoms with Crippen molar-refractivity contribution in [2.75, 3.05) is 0 Å². The van der Waals surface area contributed by atoms with Crippen LogP contribution in [0.3, 0.4) is 0 Å². The molecular formula is C20H14N3O8-. The number of dihydropyridines is 1. The first-order chi connectivity index (χ1) is 14.8. The molecule has 31 heavy (non-hydrogen) atoms. The van der Waals surface area contributed by atoms with Gasteiger partial charge < -0.3 is 20.0 Å². The van der Waals surface area contributed by atoms with E-state index in [-0.39, 0.29) is 33.6 Å². The third-order valence-electron chi connectivity index (χ3n) is 4.53. The number of ether oxygens (including phenoxy) is 1. The van der Waals surface area contributed by atoms with Crippen molar-refractivity contribution in [1.29, 1.82) is 0 Å². The first kappa shape index (κ1) is 21.2. The van der Waals surface area contributed by atoms with E-state index in [4.69, 9.17) is 4.74 Å². The molecule has 1 atom stereocenters. The maximum Gasteiger partial charge on any atom is 0.336 e. The van der Waals surface area contributed by atoms with E-state index >= 15 is 0 Å². The number of carbonyl (C=O) groups is 2. The molecule has 1 unspecified atom stereocenters. The third kappa shape index (κ3) is 4.56. The highest BCUT2D eigenvalue weighted by molar-refractivity contribution is 5.97. The summed E-state index contributed by atoms with van der Waals surface area (Å²) in [6, 6.07) is 10.9. The molecule has 0 aliphatic carbocycles. The van der Waals surface area contributed by atoms with E-state index in [0.717, 1.165) is 12.3 Å². The smallest absolute Gasteiger partial charge is 0.336 e. The van der Waals surface area contributed by atoms with Crippen LogP contribution in [0.25, 0.3) is 0 Å². The number of rotatable bonds is 7. The van der Waals surface area contributed by atoms with E-state index in [0.29, 0.717) is 0 Å². The maximum absolute atomic E-state index is 12.7. The van der Waals surface area contributed by atoms with E-state index in [1.165, 1.54) is 42.6 Å². The number of hydrogen-bond acceptors (Lipinski definition) is 9. The Labute approximate surface area is 174 Å². The number of nitrogens with zero attached hydrogens (tertiary/aromatic N) is 2. The fraction of sp³-hybridized carbons (Fsp3) is 0.100. The zero-order valence-electron chi connectivity index (χ0n) is 15.7. The van der Waals surface area contributed by atoms with Crippen molar-refractivity contribution in [3.05, 3.63) is 103 Å². The number of nitro benzene ring substituents is 2. The zero-order valence-corrected chi connectivity index (χ0v) is 15.7. The number of nitro groups is 2. The number of benzene rings is 2. The highest BCUT2D eigenvalue weighted by atomic mass is 16.6. The van der Waals surface area contributed by atoms with Gasteiger partial charge in [-0.05, 0) is 11.6 Å². The number of hydrogen-bond donors (Lipinski definition) is 1. The van der Waals surface area contributed by atoms with Crippen molar-refractivity contribution in [3.8, 4) is 0 Å². The van der Waals surface area contributed by atoms with Crippen LogP contribution in [-0.2, 0) is 20.9 Å². The lowest BCUT2D eigenvalue weighted by atomic mass is 9.83. The van der Waals surface area contributed by atoms with Gasteiger partial charge in [0.2, 0.25) is 0 Å². The maximum atomic E-state index is 12.7. The van der Waals surface area contributed by atoms with Crippen LogP contribution in [0.15, 0.2) is 72.1 Å². The average Bonchev–Trinajstić information content (AvgIpc) is 2.77. The largest absolute Gasteiger partial charge is 0.545 e. The Kier molecular flexibility index (Phi) is 6.05. The van der Waals surface area contributed by atoms with Crippen LogP contribution in [0, 0.1) is 20.2 Å². The predicted octanol–water partition coefficient (Wildman–Crippen LogP) is 1.45. The molecule has 3 rings (SSSR count). The Morgan fingerprint density at radius 1 is 0.968 bits per heavy atom. The van der Waals surface area contributed by atoms with Gasteiger partial charge in [-0.3, -0.25) is 20.2 Å². The van der Waals surface area contributed by atoms with Crippen LogP contribution in [0.1, 0.15) is 17.0 Å². The van der Waals surface area contributed by atoms with E-state index in [2.05, 4.69) is 5.32 Å². The lowest BCUT2D eigenvalue weighted by Crippen LogP contribution is -2.33. The number of aliphatic carboxylic acids is 1. The fourth-order valence-corrected chi connectivity index (χ4v) is 3.12. The molecule has 1 aliphatic rings. The number of non-ortho nitro benzene ring substituents is 1. The zero-order chi connectivity index (χ0) is 22.5. The molecule has 1 N–H and O–H groups in total. The summed E-state index contributed by atoms with van der Waals surface area (Å²) in [5, 5.41) is 36.4. The highest BCUT2D eigenvalue weighted by Gasteiger charge is 2.31. The van der Waals surface area contributed by atoms with Gasteiger partial charge in [0.05, 0.1) is 27.0 Å². The van der Waals surface area contributed by atoms with E-state index < -0.39 is 34.3 Å². The minimum atomic E-state index is -1.58. The summed E-state index contributed by atoms with van der Waals surface area (Å²) in [5.74, 6) is -3.74. The molecule has 11 heteroatoms. The second-order valence-electron chi connectivity index (χ2n) is 6.40. The number of carboxylic acid groups (broad SMARTS) is 1. The van der Waals surface area contributed by atoms with Crippen molar-refractivity contribution in [3.63, 3.8) is 0 Å². The Bertz CT molecular complexity index is 1140. The predicted molar refractivity (Wildman–Crippen MR) is 103 cm³/mol. The highest BCUT2D eigenvalue weighted by Crippen LogP contribution is 2.35. The minimum absolute atomic E-state index is 0.146. The molecule has 0 amide bonds. The molecule has 11 nitrogen and oxygen atoms in total. The molecule has 0 radical (unpaired) electrons. The summed E-state index contributed by atoms with van der Waals surface area (Å²) in [6.07, 6.45) is 2.31. The van der Waals surface area contributed by atoms with Gasteiger partial charge in [0.25, 0.3) is 11.4 Å². The Morgan fingerprint density at radius 2 is 1.68 bits per heavy atom. The normalized spacial score (nSPS) is 15.2. The van der Waals surface area contributed by atoms with Crippen LogP contribution in [-0.4, -0.2) is 21.8 Å². The number of carboxylic acids is 1. The Morgan fingerprint density at radius 3 is 2.35 bits per heavy atom. The monoisotopic (exact) mass is 424 g/mol. The standard InChI is InChI=1S/C20H15N3O8/c24-19(25)15-9-21-10-16(18(15)12-5-3-6-14(8-12)22(27)28)20(26)31-11-13-4-1-2-7-17(13)23(29)30/h1-10,18,21H,11H2,(H,24,25)/p-1. The van der Waals surface area contributed by atoms with Gasteiger partial charge in [-0.25, -0.2) is 4.79 Å². The number of esters is 1. The average molecular weight is 424 g/mol. The van der Waals surface area contributed by atoms with Crippen molar-refractivity contribution in [1.82, 2.24) is 5.32 Å². The third-order valence-corrected chi connectivity index (χ3v) is 4.53. The Hall–Kier alpha value is -4.54. The van der Waals surface area contributed by atoms with Gasteiger partial charge in [-0.2, -0.15) is 0 Å². The summed E-state index contributed by atoms with van der Waals surface area (Å²) < 4.78 is 5.19. The van der Waals surface area contributed by atoms with Gasteiger partial charge in [-0.15, -0.1) is 0 Å². The summed E-state index contributed by atoms with van der Waals surface area (Å²) in [4.78, 5) is 45.3. The quantitative estimate of drug-likeness (QED) is 0.393. The summed E-state index contributed by atoms with van der Waals surface area (Å²) >= 11 is 0. The van der Waals surface area contributed by atoms with Crippen LogP contribution in [0.2, 0.25) is 0 Å². The van der Waals surface area contributed by atoms with Gasteiger partial charge in [0, 0.05) is 42.1 Å². The van der Waals surface area contributed by atoms with Gasteiger partial charge in [0.15, 0.2) is 0 Å². The van der Waals surface area contributed by atoms with Crippen LogP contribution in [0.5, 0.6) is 0 Å². The molecule has 0 fully saturated rings. The van der Waals surface area contributed by atoms with E-state index in [9.17, 15) is 34.9 Å². The number of para-hydroxylation sites is 1. The molecule has 1 heterocycles. The SMILES string of the molecule is O=C([O-])C1=CNC=C(C(=O)OCc2ccccc2[N+](=O)[O-])C1c1cccc([N+](=O)[O-])c1. The number of carbonyl (C=O) groups excluding carboxylic acids is 2. The summed E-state index contributed by atoms with van der Waals surface area (Å²) in [7, 11) is 0. The van der Waals surface area contributed by atoms with Gasteiger partial charge >= 0.3 is 5.97 Å². The molecular weight excluding hydrogens is 410 g/mol. The van der Waals surface area contributed by atoms with Gasteiger partial charge in [0.1, 0.15) is 6.61 Å². The van der Waals surface area contributed by atoms with Gasteiger partial charge in [-0.1, -0.05) is 24.3 Å². The molecule has 2 aromatic carbocycles. The lowest BCUT2D eigenvalue weighted by Gasteiger charge is -2.26. The molecule has 2 aromatic rings. The van der Waals surface area contributed by atoms with E-state index in [1.807, 2.05) is 0 Å². The molecule has 0 aromatic heterocycles. The van der Waals surface area contributed by atoms with Crippen LogP contribution >= 0.6 is 0 Å². The van der Waals surface area contributed by atoms with Crippen LogP contribution < -0.4 is 10.4 Å². The molecule has 0 saturated heterocycles. The first-order valence-electron chi connectivity index (χ1n) is 8.81. The molecule has 0 bridgehead atoms. The summed E-state index contributed by atoms with van der Waals surface area (Å²) in [5.41, 5.74) is -0.702. The Balaban J connectivity index is 1.91. The topological polar surface area (TPSA) is 165 Å². The second-order valence-corrected chi connectivity index (χ2v) is 6.40. The second kappa shape index (κ2) is 8.86.